The standard InChI is InChI=1S/C22H34N2O3/c1-17-10-12-19(13-11-17)22(27)20(16-24-14-6-7-15-24)23-21(26)9-5-3-4-8-18(2)25/h10-13,20,22,27H,3-9,14-16H2,1-2H3,(H,23,26)/t20-,22-/m1/s1. The predicted octanol–water partition coefficient (Wildman–Crippen LogP) is 3.15. The number of rotatable bonds is 11. The quantitative estimate of drug-likeness (QED) is 0.584. The van der Waals surface area contributed by atoms with Gasteiger partial charge >= 0.3 is 0 Å². The largest absolute Gasteiger partial charge is 0.386 e. The molecule has 1 heterocycles. The normalized spacial score (nSPS) is 16.9. The van der Waals surface area contributed by atoms with E-state index in [1.807, 2.05) is 31.2 Å². The van der Waals surface area contributed by atoms with Gasteiger partial charge in [-0.3, -0.25) is 4.79 Å². The van der Waals surface area contributed by atoms with Crippen LogP contribution in [0.25, 0.3) is 0 Å². The van der Waals surface area contributed by atoms with Crippen LogP contribution in [-0.4, -0.2) is 47.4 Å². The number of aryl methyl sites for hydroxylation is 1. The third kappa shape index (κ3) is 7.81. The van der Waals surface area contributed by atoms with Gasteiger partial charge in [0, 0.05) is 19.4 Å². The first-order valence-corrected chi connectivity index (χ1v) is 10.2. The van der Waals surface area contributed by atoms with E-state index in [0.717, 1.165) is 43.5 Å². The first kappa shape index (κ1) is 21.6. The van der Waals surface area contributed by atoms with Gasteiger partial charge in [0.1, 0.15) is 11.9 Å². The summed E-state index contributed by atoms with van der Waals surface area (Å²) in [5.41, 5.74) is 1.99. The summed E-state index contributed by atoms with van der Waals surface area (Å²) < 4.78 is 0. The van der Waals surface area contributed by atoms with Crippen LogP contribution in [0.5, 0.6) is 0 Å². The average molecular weight is 375 g/mol. The van der Waals surface area contributed by atoms with Crippen molar-refractivity contribution in [1.82, 2.24) is 10.2 Å². The third-order valence-corrected chi connectivity index (χ3v) is 5.23. The smallest absolute Gasteiger partial charge is 0.220 e. The van der Waals surface area contributed by atoms with Crippen LogP contribution in [0, 0.1) is 6.92 Å². The first-order valence-electron chi connectivity index (χ1n) is 10.2. The summed E-state index contributed by atoms with van der Waals surface area (Å²) in [4.78, 5) is 25.7. The van der Waals surface area contributed by atoms with Gasteiger partial charge in [0.2, 0.25) is 5.91 Å². The molecule has 1 amide bonds. The number of carbonyl (C=O) groups excluding carboxylic acids is 2. The summed E-state index contributed by atoms with van der Waals surface area (Å²) in [5, 5.41) is 13.9. The number of likely N-dealkylation sites (tertiary alicyclic amines) is 1. The molecule has 2 rings (SSSR count). The zero-order chi connectivity index (χ0) is 19.6. The fourth-order valence-corrected chi connectivity index (χ4v) is 3.58. The van der Waals surface area contributed by atoms with E-state index in [0.29, 0.717) is 19.4 Å². The van der Waals surface area contributed by atoms with Crippen LogP contribution in [0.15, 0.2) is 24.3 Å². The van der Waals surface area contributed by atoms with Crippen molar-refractivity contribution >= 4 is 11.7 Å². The Balaban J connectivity index is 1.89. The van der Waals surface area contributed by atoms with Crippen molar-refractivity contribution < 1.29 is 14.7 Å². The minimum absolute atomic E-state index is 0.0202. The molecule has 2 atom stereocenters. The average Bonchev–Trinajstić information content (AvgIpc) is 3.14. The topological polar surface area (TPSA) is 69.6 Å². The summed E-state index contributed by atoms with van der Waals surface area (Å²) >= 11 is 0. The summed E-state index contributed by atoms with van der Waals surface area (Å²) in [6.45, 7) is 6.34. The van der Waals surface area contributed by atoms with Crippen molar-refractivity contribution in [2.24, 2.45) is 0 Å². The van der Waals surface area contributed by atoms with Crippen molar-refractivity contribution in [3.05, 3.63) is 35.4 Å². The molecule has 0 aliphatic carbocycles. The van der Waals surface area contributed by atoms with Gasteiger partial charge in [-0.25, -0.2) is 0 Å². The first-order chi connectivity index (χ1) is 13.0. The van der Waals surface area contributed by atoms with Crippen molar-refractivity contribution in [3.63, 3.8) is 0 Å². The molecule has 1 fully saturated rings. The van der Waals surface area contributed by atoms with E-state index in [4.69, 9.17) is 0 Å². The lowest BCUT2D eigenvalue weighted by Gasteiger charge is -2.29. The zero-order valence-electron chi connectivity index (χ0n) is 16.7. The maximum atomic E-state index is 12.4. The summed E-state index contributed by atoms with van der Waals surface area (Å²) in [6.07, 6.45) is 5.16. The highest BCUT2D eigenvalue weighted by molar-refractivity contribution is 5.76. The van der Waals surface area contributed by atoms with Crippen LogP contribution in [0.4, 0.5) is 0 Å². The molecule has 5 heteroatoms. The minimum Gasteiger partial charge on any atom is -0.386 e. The zero-order valence-corrected chi connectivity index (χ0v) is 16.7. The maximum Gasteiger partial charge on any atom is 0.220 e. The summed E-state index contributed by atoms with van der Waals surface area (Å²) in [5.74, 6) is 0.180. The lowest BCUT2D eigenvalue weighted by Crippen LogP contribution is -2.46. The highest BCUT2D eigenvalue weighted by atomic mass is 16.3. The number of ketones is 1. The van der Waals surface area contributed by atoms with Crippen molar-refractivity contribution in [2.75, 3.05) is 19.6 Å². The Labute approximate surface area is 163 Å². The van der Waals surface area contributed by atoms with E-state index >= 15 is 0 Å². The number of carbonyl (C=O) groups is 2. The van der Waals surface area contributed by atoms with Crippen LogP contribution >= 0.6 is 0 Å². The molecule has 0 bridgehead atoms. The molecule has 150 valence electrons. The number of aliphatic hydroxyl groups is 1. The molecule has 1 aliphatic rings. The van der Waals surface area contributed by atoms with Gasteiger partial charge < -0.3 is 20.1 Å². The fourth-order valence-electron chi connectivity index (χ4n) is 3.58. The van der Waals surface area contributed by atoms with Crippen LogP contribution in [0.1, 0.15) is 69.1 Å². The van der Waals surface area contributed by atoms with E-state index in [1.54, 1.807) is 6.92 Å². The van der Waals surface area contributed by atoms with Gasteiger partial charge in [-0.05, 0) is 58.2 Å². The molecule has 1 aromatic carbocycles. The van der Waals surface area contributed by atoms with Crippen molar-refractivity contribution in [3.8, 4) is 0 Å². The van der Waals surface area contributed by atoms with E-state index in [-0.39, 0.29) is 17.7 Å². The van der Waals surface area contributed by atoms with E-state index in [2.05, 4.69) is 10.2 Å². The fraction of sp³-hybridized carbons (Fsp3) is 0.636. The number of hydrogen-bond acceptors (Lipinski definition) is 4. The van der Waals surface area contributed by atoms with E-state index in [1.165, 1.54) is 12.8 Å². The Hall–Kier alpha value is -1.72. The van der Waals surface area contributed by atoms with Crippen LogP contribution in [0.2, 0.25) is 0 Å². The Morgan fingerprint density at radius 2 is 1.70 bits per heavy atom. The number of aliphatic hydroxyl groups excluding tert-OH is 1. The SMILES string of the molecule is CC(=O)CCCCCC(=O)N[C@H](CN1CCCC1)[C@H](O)c1ccc(C)cc1. The number of benzene rings is 1. The Bertz CT molecular complexity index is 594. The number of nitrogens with one attached hydrogen (secondary N) is 1. The van der Waals surface area contributed by atoms with Crippen LogP contribution in [-0.2, 0) is 9.59 Å². The molecule has 0 radical (unpaired) electrons. The second-order valence-corrected chi connectivity index (χ2v) is 7.80. The molecule has 27 heavy (non-hydrogen) atoms. The third-order valence-electron chi connectivity index (χ3n) is 5.23. The molecular formula is C22H34N2O3. The molecule has 1 aromatic rings. The highest BCUT2D eigenvalue weighted by Gasteiger charge is 2.26. The molecule has 2 N–H and O–H groups in total. The predicted molar refractivity (Wildman–Crippen MR) is 108 cm³/mol. The number of unbranched alkanes of at least 4 members (excludes halogenated alkanes) is 2. The second-order valence-electron chi connectivity index (χ2n) is 7.80. The molecule has 0 saturated carbocycles. The van der Waals surface area contributed by atoms with Gasteiger partial charge in [0.05, 0.1) is 6.04 Å². The number of amides is 1. The molecular weight excluding hydrogens is 340 g/mol. The summed E-state index contributed by atoms with van der Waals surface area (Å²) in [7, 11) is 0. The molecule has 1 saturated heterocycles. The van der Waals surface area contributed by atoms with Crippen LogP contribution < -0.4 is 5.32 Å². The van der Waals surface area contributed by atoms with Gasteiger partial charge in [0.15, 0.2) is 0 Å². The van der Waals surface area contributed by atoms with Gasteiger partial charge in [-0.15, -0.1) is 0 Å². The Morgan fingerprint density at radius 3 is 2.33 bits per heavy atom. The molecule has 5 nitrogen and oxygen atoms in total. The summed E-state index contributed by atoms with van der Waals surface area (Å²) in [6, 6.07) is 7.54. The highest BCUT2D eigenvalue weighted by Crippen LogP contribution is 2.20. The lowest BCUT2D eigenvalue weighted by molar-refractivity contribution is -0.123. The second kappa shape index (κ2) is 11.2. The van der Waals surface area contributed by atoms with Crippen molar-refractivity contribution in [2.45, 2.75) is 70.9 Å². The van der Waals surface area contributed by atoms with Crippen LogP contribution in [0.3, 0.4) is 0 Å². The molecule has 0 aromatic heterocycles. The van der Waals surface area contributed by atoms with E-state index in [9.17, 15) is 14.7 Å². The van der Waals surface area contributed by atoms with Crippen molar-refractivity contribution in [1.29, 1.82) is 0 Å². The Morgan fingerprint density at radius 1 is 1.07 bits per heavy atom. The number of Topliss-reactive ketones (excluding diaryl/α,β-unsaturated/α-hetero) is 1. The number of nitrogens with zero attached hydrogens (tertiary/aromatic N) is 1. The molecule has 1 aliphatic heterocycles. The van der Waals surface area contributed by atoms with E-state index < -0.39 is 6.10 Å². The Kier molecular flexibility index (Phi) is 8.95. The van der Waals surface area contributed by atoms with Gasteiger partial charge in [-0.2, -0.15) is 0 Å². The number of hydrogen-bond donors (Lipinski definition) is 2. The maximum absolute atomic E-state index is 12.4. The van der Waals surface area contributed by atoms with Gasteiger partial charge in [-0.1, -0.05) is 36.2 Å². The molecule has 0 spiro atoms. The monoisotopic (exact) mass is 374 g/mol. The molecule has 0 unspecified atom stereocenters. The lowest BCUT2D eigenvalue weighted by atomic mass is 10.00. The minimum atomic E-state index is -0.715. The van der Waals surface area contributed by atoms with Gasteiger partial charge in [0.25, 0.3) is 0 Å².